The monoisotopic (exact) mass is 239 g/mol. The van der Waals surface area contributed by atoms with Crippen molar-refractivity contribution in [3.8, 4) is 0 Å². The number of nitro groups is 1. The molecule has 1 heterocycles. The third kappa shape index (κ3) is 3.03. The second-order valence-corrected chi connectivity index (χ2v) is 3.37. The Hall–Kier alpha value is -2.38. The maximum Gasteiger partial charge on any atom is 0.311 e. The van der Waals surface area contributed by atoms with E-state index >= 15 is 0 Å². The van der Waals surface area contributed by atoms with Crippen LogP contribution in [0.5, 0.6) is 0 Å². The molecular weight excluding hydrogens is 226 g/mol. The summed E-state index contributed by atoms with van der Waals surface area (Å²) < 4.78 is 0. The number of rotatable bonds is 4. The van der Waals surface area contributed by atoms with Gasteiger partial charge in [-0.05, 0) is 6.07 Å². The lowest BCUT2D eigenvalue weighted by Crippen LogP contribution is -2.33. The largest absolute Gasteiger partial charge is 0.384 e. The van der Waals surface area contributed by atoms with Crippen LogP contribution in [-0.4, -0.2) is 36.5 Å². The highest BCUT2D eigenvalue weighted by Crippen LogP contribution is 2.25. The normalized spacial score (nSPS) is 9.76. The molecule has 8 nitrogen and oxygen atoms in total. The van der Waals surface area contributed by atoms with E-state index in [1.165, 1.54) is 31.1 Å². The zero-order chi connectivity index (χ0) is 13.0. The summed E-state index contributed by atoms with van der Waals surface area (Å²) in [5.74, 6) is -0.0426. The van der Waals surface area contributed by atoms with Gasteiger partial charge >= 0.3 is 5.69 Å². The number of pyridine rings is 1. The molecule has 8 heteroatoms. The van der Waals surface area contributed by atoms with Crippen LogP contribution in [0.15, 0.2) is 12.1 Å². The van der Waals surface area contributed by atoms with Crippen LogP contribution in [0.1, 0.15) is 0 Å². The first-order valence-corrected chi connectivity index (χ1v) is 4.78. The second kappa shape index (κ2) is 5.10. The molecule has 3 N–H and O–H groups in total. The van der Waals surface area contributed by atoms with Crippen LogP contribution in [0.25, 0.3) is 0 Å². The van der Waals surface area contributed by atoms with Crippen molar-refractivity contribution >= 4 is 23.2 Å². The summed E-state index contributed by atoms with van der Waals surface area (Å²) in [6, 6.07) is 2.60. The Balaban J connectivity index is 3.06. The summed E-state index contributed by atoms with van der Waals surface area (Å²) >= 11 is 0. The van der Waals surface area contributed by atoms with Crippen molar-refractivity contribution in [2.24, 2.45) is 0 Å². The maximum absolute atomic E-state index is 11.2. The average molecular weight is 239 g/mol. The van der Waals surface area contributed by atoms with Gasteiger partial charge in [0, 0.05) is 20.2 Å². The topological polar surface area (TPSA) is 114 Å². The Morgan fingerprint density at radius 2 is 2.29 bits per heavy atom. The van der Waals surface area contributed by atoms with Gasteiger partial charge in [0.05, 0.1) is 11.5 Å². The average Bonchev–Trinajstić information content (AvgIpc) is 2.28. The Morgan fingerprint density at radius 3 is 2.82 bits per heavy atom. The third-order valence-electron chi connectivity index (χ3n) is 2.09. The molecule has 1 amide bonds. The van der Waals surface area contributed by atoms with E-state index in [1.54, 1.807) is 0 Å². The van der Waals surface area contributed by atoms with E-state index in [1.807, 2.05) is 0 Å². The first-order valence-electron chi connectivity index (χ1n) is 4.78. The number of amides is 1. The molecule has 0 unspecified atom stereocenters. The van der Waals surface area contributed by atoms with Crippen molar-refractivity contribution in [2.75, 3.05) is 31.3 Å². The molecule has 0 spiro atoms. The molecule has 1 aromatic heterocycles. The highest BCUT2D eigenvalue weighted by atomic mass is 16.6. The van der Waals surface area contributed by atoms with Crippen molar-refractivity contribution < 1.29 is 9.72 Å². The Labute approximate surface area is 97.6 Å². The lowest BCUT2D eigenvalue weighted by molar-refractivity contribution is -0.384. The molecule has 0 bridgehead atoms. The SMILES string of the molecule is CNC(=O)CN(C)c1nc(N)ccc1[N+](=O)[O-]. The quantitative estimate of drug-likeness (QED) is 0.553. The summed E-state index contributed by atoms with van der Waals surface area (Å²) in [6.45, 7) is -0.0339. The van der Waals surface area contributed by atoms with Gasteiger partial charge < -0.3 is 16.0 Å². The lowest BCUT2D eigenvalue weighted by atomic mass is 10.3. The number of hydrogen-bond donors (Lipinski definition) is 2. The van der Waals surface area contributed by atoms with Crippen LogP contribution in [0.2, 0.25) is 0 Å². The van der Waals surface area contributed by atoms with Crippen LogP contribution in [0.4, 0.5) is 17.3 Å². The molecular formula is C9H13N5O3. The van der Waals surface area contributed by atoms with Gasteiger partial charge in [-0.2, -0.15) is 0 Å². The Morgan fingerprint density at radius 1 is 1.65 bits per heavy atom. The lowest BCUT2D eigenvalue weighted by Gasteiger charge is -2.16. The predicted octanol–water partition coefficient (Wildman–Crippen LogP) is -0.246. The van der Waals surface area contributed by atoms with E-state index in [2.05, 4.69) is 10.3 Å². The highest BCUT2D eigenvalue weighted by Gasteiger charge is 2.20. The molecule has 92 valence electrons. The first kappa shape index (κ1) is 12.7. The number of anilines is 2. The number of aromatic nitrogens is 1. The summed E-state index contributed by atoms with van der Waals surface area (Å²) in [7, 11) is 3.02. The highest BCUT2D eigenvalue weighted by molar-refractivity contribution is 5.81. The Bertz CT molecular complexity index is 448. The molecule has 1 rings (SSSR count). The molecule has 0 aliphatic heterocycles. The fourth-order valence-electron chi connectivity index (χ4n) is 1.25. The minimum absolute atomic E-state index is 0.0339. The van der Waals surface area contributed by atoms with Gasteiger partial charge in [0.25, 0.3) is 0 Å². The fourth-order valence-corrected chi connectivity index (χ4v) is 1.25. The number of carbonyl (C=O) groups is 1. The van der Waals surface area contributed by atoms with Crippen LogP contribution in [-0.2, 0) is 4.79 Å². The first-order chi connectivity index (χ1) is 7.95. The summed E-state index contributed by atoms with van der Waals surface area (Å²) in [5, 5.41) is 13.2. The zero-order valence-electron chi connectivity index (χ0n) is 9.51. The number of carbonyl (C=O) groups excluding carboxylic acids is 1. The van der Waals surface area contributed by atoms with Crippen LogP contribution < -0.4 is 16.0 Å². The van der Waals surface area contributed by atoms with Gasteiger partial charge in [-0.15, -0.1) is 0 Å². The van der Waals surface area contributed by atoms with Crippen molar-refractivity contribution in [3.05, 3.63) is 22.2 Å². The number of likely N-dealkylation sites (N-methyl/N-ethyl adjacent to an activating group) is 2. The maximum atomic E-state index is 11.2. The van der Waals surface area contributed by atoms with Gasteiger partial charge in [-0.3, -0.25) is 14.9 Å². The van der Waals surface area contributed by atoms with E-state index in [0.29, 0.717) is 0 Å². The molecule has 0 atom stereocenters. The summed E-state index contributed by atoms with van der Waals surface area (Å²) in [4.78, 5) is 26.6. The molecule has 0 aromatic carbocycles. The minimum atomic E-state index is -0.567. The van der Waals surface area contributed by atoms with E-state index in [-0.39, 0.29) is 29.8 Å². The zero-order valence-corrected chi connectivity index (χ0v) is 9.51. The molecule has 0 saturated carbocycles. The minimum Gasteiger partial charge on any atom is -0.384 e. The van der Waals surface area contributed by atoms with Gasteiger partial charge in [-0.1, -0.05) is 0 Å². The van der Waals surface area contributed by atoms with Crippen LogP contribution in [0.3, 0.4) is 0 Å². The molecule has 0 aliphatic carbocycles. The van der Waals surface area contributed by atoms with Crippen LogP contribution in [0, 0.1) is 10.1 Å². The molecule has 0 fully saturated rings. The molecule has 1 aromatic rings. The molecule has 0 saturated heterocycles. The second-order valence-electron chi connectivity index (χ2n) is 3.37. The van der Waals surface area contributed by atoms with E-state index in [4.69, 9.17) is 5.73 Å². The van der Waals surface area contributed by atoms with Gasteiger partial charge in [0.2, 0.25) is 11.7 Å². The molecule has 0 radical (unpaired) electrons. The third-order valence-corrected chi connectivity index (χ3v) is 2.09. The standard InChI is InChI=1S/C9H13N5O3/c1-11-8(15)5-13(2)9-6(14(16)17)3-4-7(10)12-9/h3-4H,5H2,1-2H3,(H2,10,12)(H,11,15). The van der Waals surface area contributed by atoms with E-state index in [0.717, 1.165) is 0 Å². The van der Waals surface area contributed by atoms with Gasteiger partial charge in [0.15, 0.2) is 0 Å². The van der Waals surface area contributed by atoms with Gasteiger partial charge in [0.1, 0.15) is 5.82 Å². The van der Waals surface area contributed by atoms with Crippen molar-refractivity contribution in [1.29, 1.82) is 0 Å². The smallest absolute Gasteiger partial charge is 0.311 e. The Kier molecular flexibility index (Phi) is 3.81. The van der Waals surface area contributed by atoms with E-state index < -0.39 is 4.92 Å². The molecule has 0 aliphatic rings. The fraction of sp³-hybridized carbons (Fsp3) is 0.333. The van der Waals surface area contributed by atoms with Crippen molar-refractivity contribution in [3.63, 3.8) is 0 Å². The number of nitrogen functional groups attached to an aromatic ring is 1. The summed E-state index contributed by atoms with van der Waals surface area (Å²) in [6.07, 6.45) is 0. The number of nitrogens with zero attached hydrogens (tertiary/aromatic N) is 3. The van der Waals surface area contributed by atoms with Crippen LogP contribution >= 0.6 is 0 Å². The number of nitrogens with one attached hydrogen (secondary N) is 1. The van der Waals surface area contributed by atoms with Crippen molar-refractivity contribution in [1.82, 2.24) is 10.3 Å². The number of nitrogens with two attached hydrogens (primary N) is 1. The van der Waals surface area contributed by atoms with Gasteiger partial charge in [-0.25, -0.2) is 4.98 Å². The predicted molar refractivity (Wildman–Crippen MR) is 62.6 cm³/mol. The van der Waals surface area contributed by atoms with E-state index in [9.17, 15) is 14.9 Å². The van der Waals surface area contributed by atoms with Crippen molar-refractivity contribution in [2.45, 2.75) is 0 Å². The summed E-state index contributed by atoms with van der Waals surface area (Å²) in [5.41, 5.74) is 5.28. The number of hydrogen-bond acceptors (Lipinski definition) is 6. The molecule has 17 heavy (non-hydrogen) atoms.